The van der Waals surface area contributed by atoms with Crippen LogP contribution in [-0.2, 0) is 4.79 Å². The molecule has 0 spiro atoms. The number of nitrogens with zero attached hydrogens (tertiary/aromatic N) is 1. The summed E-state index contributed by atoms with van der Waals surface area (Å²) in [5.74, 6) is 0.233. The second-order valence-corrected chi connectivity index (χ2v) is 4.41. The molecule has 1 radical (unpaired) electrons. The molecule has 0 aromatic carbocycles. The Morgan fingerprint density at radius 2 is 2.50 bits per heavy atom. The molecular weight excluding hydrogens is 174 g/mol. The molecule has 2 rings (SSSR count). The number of hydrogen-bond acceptors (Lipinski definition) is 1. The molecule has 1 heterocycles. The van der Waals surface area contributed by atoms with Crippen LogP contribution in [0, 0.1) is 11.5 Å². The highest BCUT2D eigenvalue weighted by Crippen LogP contribution is 2.46. The fourth-order valence-electron chi connectivity index (χ4n) is 2.49. The number of likely N-dealkylation sites (tertiary alicyclic amines) is 1. The van der Waals surface area contributed by atoms with Crippen molar-refractivity contribution in [2.45, 2.75) is 32.6 Å². The predicted octanol–water partition coefficient (Wildman–Crippen LogP) is 2.28. The lowest BCUT2D eigenvalue weighted by Crippen LogP contribution is -2.26. The van der Waals surface area contributed by atoms with Crippen LogP contribution in [-0.4, -0.2) is 17.4 Å². The van der Waals surface area contributed by atoms with Crippen LogP contribution in [0.25, 0.3) is 0 Å². The molecule has 1 aliphatic carbocycles. The van der Waals surface area contributed by atoms with E-state index in [1.54, 1.807) is 6.08 Å². The topological polar surface area (TPSA) is 20.3 Å². The first-order valence-electron chi connectivity index (χ1n) is 5.20. The van der Waals surface area contributed by atoms with Crippen molar-refractivity contribution in [1.82, 2.24) is 4.90 Å². The molecular formula is C12H16NO. The average molecular weight is 190 g/mol. The van der Waals surface area contributed by atoms with E-state index in [9.17, 15) is 4.79 Å². The Balaban J connectivity index is 2.31. The van der Waals surface area contributed by atoms with Gasteiger partial charge in [-0.2, -0.15) is 0 Å². The van der Waals surface area contributed by atoms with Crippen LogP contribution in [0.15, 0.2) is 18.4 Å². The van der Waals surface area contributed by atoms with Gasteiger partial charge in [-0.3, -0.25) is 4.79 Å². The average Bonchev–Trinajstić information content (AvgIpc) is 2.39. The largest absolute Gasteiger partial charge is 0.312 e. The van der Waals surface area contributed by atoms with Gasteiger partial charge >= 0.3 is 0 Å². The van der Waals surface area contributed by atoms with Crippen LogP contribution in [0.4, 0.5) is 0 Å². The Bertz CT molecular complexity index is 305. The summed E-state index contributed by atoms with van der Waals surface area (Å²) in [5.41, 5.74) is 1.19. The van der Waals surface area contributed by atoms with Crippen molar-refractivity contribution in [2.24, 2.45) is 5.41 Å². The Morgan fingerprint density at radius 3 is 3.21 bits per heavy atom. The molecule has 2 heteroatoms. The Morgan fingerprint density at radius 1 is 1.71 bits per heavy atom. The molecule has 75 valence electrons. The SMILES string of the molecule is C=CCN1C(=O)CC2(C)CCC[C]=C12. The molecule has 1 saturated heterocycles. The van der Waals surface area contributed by atoms with E-state index in [0.29, 0.717) is 13.0 Å². The van der Waals surface area contributed by atoms with Crippen molar-refractivity contribution in [1.29, 1.82) is 0 Å². The van der Waals surface area contributed by atoms with Gasteiger partial charge in [0.2, 0.25) is 5.91 Å². The lowest BCUT2D eigenvalue weighted by atomic mass is 9.77. The van der Waals surface area contributed by atoms with Crippen molar-refractivity contribution in [3.63, 3.8) is 0 Å². The van der Waals surface area contributed by atoms with Gasteiger partial charge in [0, 0.05) is 24.1 Å². The van der Waals surface area contributed by atoms with Crippen molar-refractivity contribution >= 4 is 5.91 Å². The summed E-state index contributed by atoms with van der Waals surface area (Å²) in [5, 5.41) is 0. The van der Waals surface area contributed by atoms with Crippen molar-refractivity contribution in [2.75, 3.05) is 6.54 Å². The number of hydrogen-bond donors (Lipinski definition) is 0. The molecule has 0 N–H and O–H groups in total. The highest BCUT2D eigenvalue weighted by atomic mass is 16.2. The second-order valence-electron chi connectivity index (χ2n) is 4.41. The zero-order chi connectivity index (χ0) is 10.2. The minimum atomic E-state index is 0.0678. The Labute approximate surface area is 85.3 Å². The molecule has 1 aliphatic heterocycles. The third kappa shape index (κ3) is 1.29. The van der Waals surface area contributed by atoms with Crippen LogP contribution in [0.3, 0.4) is 0 Å². The Kier molecular flexibility index (Phi) is 2.22. The van der Waals surface area contributed by atoms with Crippen molar-refractivity contribution in [3.8, 4) is 0 Å². The summed E-state index contributed by atoms with van der Waals surface area (Å²) in [4.78, 5) is 13.6. The number of allylic oxidation sites excluding steroid dienone is 2. The van der Waals surface area contributed by atoms with Crippen LogP contribution in [0.5, 0.6) is 0 Å². The number of fused-ring (bicyclic) bond motifs is 1. The van der Waals surface area contributed by atoms with Crippen LogP contribution < -0.4 is 0 Å². The summed E-state index contributed by atoms with van der Waals surface area (Å²) >= 11 is 0. The van der Waals surface area contributed by atoms with Gasteiger partial charge in [0.05, 0.1) is 0 Å². The molecule has 0 bridgehead atoms. The monoisotopic (exact) mass is 190 g/mol. The summed E-state index contributed by atoms with van der Waals surface area (Å²) in [6, 6.07) is 0. The van der Waals surface area contributed by atoms with E-state index in [2.05, 4.69) is 19.6 Å². The van der Waals surface area contributed by atoms with E-state index in [0.717, 1.165) is 25.0 Å². The quantitative estimate of drug-likeness (QED) is 0.612. The number of rotatable bonds is 2. The van der Waals surface area contributed by atoms with Gasteiger partial charge in [-0.05, 0) is 25.3 Å². The molecule has 1 atom stereocenters. The van der Waals surface area contributed by atoms with Gasteiger partial charge in [0.25, 0.3) is 0 Å². The molecule has 2 aliphatic rings. The molecule has 1 unspecified atom stereocenters. The van der Waals surface area contributed by atoms with E-state index in [1.165, 1.54) is 0 Å². The Hall–Kier alpha value is -1.05. The lowest BCUT2D eigenvalue weighted by molar-refractivity contribution is -0.126. The van der Waals surface area contributed by atoms with Crippen LogP contribution in [0.1, 0.15) is 32.6 Å². The van der Waals surface area contributed by atoms with E-state index in [-0.39, 0.29) is 11.3 Å². The van der Waals surface area contributed by atoms with Crippen molar-refractivity contribution in [3.05, 3.63) is 24.4 Å². The van der Waals surface area contributed by atoms with Gasteiger partial charge in [-0.1, -0.05) is 13.0 Å². The smallest absolute Gasteiger partial charge is 0.227 e. The van der Waals surface area contributed by atoms with Gasteiger partial charge in [0.15, 0.2) is 0 Å². The lowest BCUT2D eigenvalue weighted by Gasteiger charge is -2.30. The molecule has 2 nitrogen and oxygen atoms in total. The third-order valence-corrected chi connectivity index (χ3v) is 3.19. The van der Waals surface area contributed by atoms with E-state index in [4.69, 9.17) is 0 Å². The van der Waals surface area contributed by atoms with E-state index >= 15 is 0 Å². The van der Waals surface area contributed by atoms with Crippen molar-refractivity contribution < 1.29 is 4.79 Å². The number of carbonyl (C=O) groups is 1. The van der Waals surface area contributed by atoms with Crippen LogP contribution >= 0.6 is 0 Å². The number of carbonyl (C=O) groups excluding carboxylic acids is 1. The molecule has 14 heavy (non-hydrogen) atoms. The zero-order valence-corrected chi connectivity index (χ0v) is 8.68. The van der Waals surface area contributed by atoms with Gasteiger partial charge in [0.1, 0.15) is 0 Å². The standard InChI is InChI=1S/C12H16NO/c1-3-8-13-10-6-4-5-7-12(10,2)9-11(13)14/h3H,1,4-5,7-9H2,2H3. The molecule has 0 saturated carbocycles. The highest BCUT2D eigenvalue weighted by molar-refractivity contribution is 5.83. The molecule has 0 aromatic rings. The third-order valence-electron chi connectivity index (χ3n) is 3.19. The minimum absolute atomic E-state index is 0.0678. The second kappa shape index (κ2) is 3.26. The van der Waals surface area contributed by atoms with E-state index < -0.39 is 0 Å². The zero-order valence-electron chi connectivity index (χ0n) is 8.68. The maximum Gasteiger partial charge on any atom is 0.227 e. The fourth-order valence-corrected chi connectivity index (χ4v) is 2.49. The van der Waals surface area contributed by atoms with Gasteiger partial charge in [-0.15, -0.1) is 6.58 Å². The van der Waals surface area contributed by atoms with Crippen LogP contribution in [0.2, 0.25) is 0 Å². The predicted molar refractivity (Wildman–Crippen MR) is 55.2 cm³/mol. The molecule has 0 aromatic heterocycles. The van der Waals surface area contributed by atoms with E-state index in [1.807, 2.05) is 4.90 Å². The minimum Gasteiger partial charge on any atom is -0.312 e. The van der Waals surface area contributed by atoms with Gasteiger partial charge in [-0.25, -0.2) is 0 Å². The fraction of sp³-hybridized carbons (Fsp3) is 0.583. The maximum atomic E-state index is 11.8. The first kappa shape index (κ1) is 9.50. The molecule has 1 fully saturated rings. The summed E-state index contributed by atoms with van der Waals surface area (Å²) < 4.78 is 0. The first-order chi connectivity index (χ1) is 6.67. The van der Waals surface area contributed by atoms with Gasteiger partial charge < -0.3 is 4.90 Å². The normalized spacial score (nSPS) is 31.4. The summed E-state index contributed by atoms with van der Waals surface area (Å²) in [6.07, 6.45) is 9.07. The highest BCUT2D eigenvalue weighted by Gasteiger charge is 2.44. The maximum absolute atomic E-state index is 11.8. The summed E-state index contributed by atoms with van der Waals surface area (Å²) in [6.45, 7) is 6.50. The summed E-state index contributed by atoms with van der Waals surface area (Å²) in [7, 11) is 0. The first-order valence-corrected chi connectivity index (χ1v) is 5.20. The number of amides is 1. The molecule has 1 amide bonds.